The Morgan fingerprint density at radius 2 is 1.64 bits per heavy atom. The van der Waals surface area contributed by atoms with Crippen molar-refractivity contribution in [3.63, 3.8) is 0 Å². The first-order chi connectivity index (χ1) is 13.7. The van der Waals surface area contributed by atoms with E-state index in [-0.39, 0.29) is 24.8 Å². The van der Waals surface area contributed by atoms with Crippen molar-refractivity contribution >= 4 is 28.6 Å². The molecule has 0 aromatic heterocycles. The number of hydrogen-bond acceptors (Lipinski definition) is 4. The minimum atomic E-state index is -0.427. The fraction of sp³-hybridized carbons (Fsp3) is 0.348. The van der Waals surface area contributed by atoms with Gasteiger partial charge in [0, 0.05) is 13.0 Å². The van der Waals surface area contributed by atoms with Gasteiger partial charge in [0.25, 0.3) is 0 Å². The molecule has 2 aromatic carbocycles. The predicted molar refractivity (Wildman–Crippen MR) is 119 cm³/mol. The SMILES string of the molecule is C=CC(CCC(=O)OC(c1ccccc1)c1ccccc1)OC(CI)OCC. The van der Waals surface area contributed by atoms with Crippen molar-refractivity contribution in [1.29, 1.82) is 0 Å². The lowest BCUT2D eigenvalue weighted by atomic mass is 10.0. The number of benzene rings is 2. The van der Waals surface area contributed by atoms with Crippen LogP contribution in [0.5, 0.6) is 0 Å². The lowest BCUT2D eigenvalue weighted by Crippen LogP contribution is -2.25. The van der Waals surface area contributed by atoms with Crippen LogP contribution in [0.2, 0.25) is 0 Å². The van der Waals surface area contributed by atoms with Gasteiger partial charge in [-0.25, -0.2) is 0 Å². The molecule has 0 spiro atoms. The van der Waals surface area contributed by atoms with Crippen LogP contribution >= 0.6 is 22.6 Å². The van der Waals surface area contributed by atoms with Gasteiger partial charge in [-0.15, -0.1) is 6.58 Å². The van der Waals surface area contributed by atoms with Gasteiger partial charge in [-0.1, -0.05) is 89.3 Å². The van der Waals surface area contributed by atoms with E-state index in [4.69, 9.17) is 14.2 Å². The average molecular weight is 494 g/mol. The quantitative estimate of drug-likeness (QED) is 0.129. The first-order valence-electron chi connectivity index (χ1n) is 9.42. The molecule has 28 heavy (non-hydrogen) atoms. The van der Waals surface area contributed by atoms with E-state index < -0.39 is 6.10 Å². The van der Waals surface area contributed by atoms with Gasteiger partial charge in [-0.2, -0.15) is 0 Å². The van der Waals surface area contributed by atoms with Crippen LogP contribution in [0.1, 0.15) is 37.0 Å². The van der Waals surface area contributed by atoms with E-state index in [2.05, 4.69) is 29.2 Å². The molecule has 150 valence electrons. The summed E-state index contributed by atoms with van der Waals surface area (Å²) in [5, 5.41) is 0. The highest BCUT2D eigenvalue weighted by molar-refractivity contribution is 14.1. The Balaban J connectivity index is 1.99. The van der Waals surface area contributed by atoms with Crippen LogP contribution in [0.15, 0.2) is 73.3 Å². The number of esters is 1. The lowest BCUT2D eigenvalue weighted by molar-refractivity contribution is -0.154. The average Bonchev–Trinajstić information content (AvgIpc) is 2.75. The summed E-state index contributed by atoms with van der Waals surface area (Å²) in [5.41, 5.74) is 1.89. The molecule has 0 N–H and O–H groups in total. The van der Waals surface area contributed by atoms with Gasteiger partial charge in [-0.3, -0.25) is 4.79 Å². The van der Waals surface area contributed by atoms with Gasteiger partial charge < -0.3 is 14.2 Å². The van der Waals surface area contributed by atoms with E-state index in [1.807, 2.05) is 67.6 Å². The summed E-state index contributed by atoms with van der Waals surface area (Å²) in [6.07, 6.45) is 1.46. The number of alkyl halides is 1. The number of ether oxygens (including phenoxy) is 3. The fourth-order valence-corrected chi connectivity index (χ4v) is 3.24. The molecular weight excluding hydrogens is 467 g/mol. The predicted octanol–water partition coefficient (Wildman–Crippen LogP) is 5.47. The molecule has 4 nitrogen and oxygen atoms in total. The first kappa shape index (κ1) is 22.6. The molecule has 0 fully saturated rings. The van der Waals surface area contributed by atoms with Gasteiger partial charge in [-0.05, 0) is 24.5 Å². The number of carbonyl (C=O) groups excluding carboxylic acids is 1. The van der Waals surface area contributed by atoms with Crippen molar-refractivity contribution in [1.82, 2.24) is 0 Å². The fourth-order valence-electron chi connectivity index (χ4n) is 2.78. The summed E-state index contributed by atoms with van der Waals surface area (Å²) >= 11 is 2.22. The summed E-state index contributed by atoms with van der Waals surface area (Å²) in [5.74, 6) is -0.268. The Bertz CT molecular complexity index is 666. The summed E-state index contributed by atoms with van der Waals surface area (Å²) in [7, 11) is 0. The second kappa shape index (κ2) is 12.7. The Labute approximate surface area is 181 Å². The van der Waals surface area contributed by atoms with Gasteiger partial charge in [0.15, 0.2) is 12.4 Å². The highest BCUT2D eigenvalue weighted by Gasteiger charge is 2.20. The Morgan fingerprint density at radius 1 is 1.07 bits per heavy atom. The van der Waals surface area contributed by atoms with E-state index in [0.29, 0.717) is 17.5 Å². The van der Waals surface area contributed by atoms with Crippen molar-refractivity contribution in [2.45, 2.75) is 38.3 Å². The Morgan fingerprint density at radius 3 is 2.11 bits per heavy atom. The normalized spacial score (nSPS) is 13.1. The van der Waals surface area contributed by atoms with Crippen molar-refractivity contribution in [3.8, 4) is 0 Å². The maximum Gasteiger partial charge on any atom is 0.306 e. The highest BCUT2D eigenvalue weighted by atomic mass is 127. The summed E-state index contributed by atoms with van der Waals surface area (Å²) in [4.78, 5) is 12.6. The van der Waals surface area contributed by atoms with Crippen LogP contribution < -0.4 is 0 Å². The minimum Gasteiger partial charge on any atom is -0.453 e. The standard InChI is InChI=1S/C23H27IO4/c1-3-20(27-22(17-24)26-4-2)15-16-21(25)28-23(18-11-7-5-8-12-18)19-13-9-6-10-14-19/h3,5-14,20,22-23H,1,4,15-17H2,2H3. The third kappa shape index (κ3) is 7.37. The maximum atomic E-state index is 12.6. The zero-order valence-electron chi connectivity index (χ0n) is 16.1. The van der Waals surface area contributed by atoms with E-state index in [9.17, 15) is 4.79 Å². The third-order valence-corrected chi connectivity index (χ3v) is 4.87. The smallest absolute Gasteiger partial charge is 0.306 e. The molecule has 2 aromatic rings. The molecule has 0 amide bonds. The van der Waals surface area contributed by atoms with Crippen molar-refractivity contribution in [3.05, 3.63) is 84.4 Å². The summed E-state index contributed by atoms with van der Waals surface area (Å²) < 4.78 is 17.9. The Kier molecular flexibility index (Phi) is 10.2. The minimum absolute atomic E-state index is 0.243. The van der Waals surface area contributed by atoms with E-state index in [0.717, 1.165) is 11.1 Å². The molecule has 0 bridgehead atoms. The molecule has 0 saturated carbocycles. The van der Waals surface area contributed by atoms with Crippen LogP contribution in [-0.4, -0.2) is 29.4 Å². The topological polar surface area (TPSA) is 44.8 Å². The second-order valence-corrected chi connectivity index (χ2v) is 7.06. The number of rotatable bonds is 12. The van der Waals surface area contributed by atoms with E-state index in [1.165, 1.54) is 0 Å². The van der Waals surface area contributed by atoms with Gasteiger partial charge in [0.1, 0.15) is 0 Å². The van der Waals surface area contributed by atoms with Crippen LogP contribution in [0.3, 0.4) is 0 Å². The largest absolute Gasteiger partial charge is 0.453 e. The molecule has 0 heterocycles. The van der Waals surface area contributed by atoms with Crippen molar-refractivity contribution in [2.75, 3.05) is 11.0 Å². The molecule has 0 aliphatic carbocycles. The monoisotopic (exact) mass is 494 g/mol. The lowest BCUT2D eigenvalue weighted by Gasteiger charge is -2.22. The number of carbonyl (C=O) groups is 1. The van der Waals surface area contributed by atoms with Crippen LogP contribution in [0.4, 0.5) is 0 Å². The molecule has 0 aliphatic heterocycles. The van der Waals surface area contributed by atoms with Crippen LogP contribution in [-0.2, 0) is 19.0 Å². The molecule has 5 heteroatoms. The molecule has 2 atom stereocenters. The maximum absolute atomic E-state index is 12.6. The van der Waals surface area contributed by atoms with Crippen LogP contribution in [0.25, 0.3) is 0 Å². The molecule has 2 unspecified atom stereocenters. The van der Waals surface area contributed by atoms with Gasteiger partial charge in [0.2, 0.25) is 0 Å². The zero-order chi connectivity index (χ0) is 20.2. The van der Waals surface area contributed by atoms with Gasteiger partial charge >= 0.3 is 5.97 Å². The number of hydrogen-bond donors (Lipinski definition) is 0. The van der Waals surface area contributed by atoms with Crippen molar-refractivity contribution < 1.29 is 19.0 Å². The third-order valence-electron chi connectivity index (χ3n) is 4.15. The second-order valence-electron chi connectivity index (χ2n) is 6.18. The highest BCUT2D eigenvalue weighted by Crippen LogP contribution is 2.26. The summed E-state index contributed by atoms with van der Waals surface area (Å²) in [6.45, 7) is 6.31. The number of halogens is 1. The summed E-state index contributed by atoms with van der Waals surface area (Å²) in [6, 6.07) is 19.5. The van der Waals surface area contributed by atoms with Crippen LogP contribution in [0, 0.1) is 0 Å². The molecule has 0 saturated heterocycles. The van der Waals surface area contributed by atoms with Gasteiger partial charge in [0.05, 0.1) is 10.5 Å². The first-order valence-corrected chi connectivity index (χ1v) is 11.0. The van der Waals surface area contributed by atoms with Crippen molar-refractivity contribution in [2.24, 2.45) is 0 Å². The zero-order valence-corrected chi connectivity index (χ0v) is 18.3. The van der Waals surface area contributed by atoms with E-state index in [1.54, 1.807) is 6.08 Å². The molecule has 0 radical (unpaired) electrons. The molecule has 2 rings (SSSR count). The van der Waals surface area contributed by atoms with E-state index >= 15 is 0 Å². The molecular formula is C23H27IO4. The molecule has 0 aliphatic rings. The Hall–Kier alpha value is -1.70.